The van der Waals surface area contributed by atoms with Gasteiger partial charge in [-0.05, 0) is 18.2 Å². The van der Waals surface area contributed by atoms with E-state index < -0.39 is 11.6 Å². The number of nitrogens with one attached hydrogen (secondary N) is 1. The third-order valence-electron chi connectivity index (χ3n) is 2.31. The number of methoxy groups -OCH3 is 1. The number of nitrogen functional groups attached to an aromatic ring is 1. The number of ether oxygens (including phenoxy) is 2. The Morgan fingerprint density at radius 2 is 1.86 bits per heavy atom. The number of aromatic nitrogens is 1. The van der Waals surface area contributed by atoms with Crippen molar-refractivity contribution in [2.24, 2.45) is 5.84 Å². The molecule has 3 N–H and O–H groups in total. The zero-order valence-electron chi connectivity index (χ0n) is 12.0. The Hall–Kier alpha value is -2.41. The second-order valence-electron chi connectivity index (χ2n) is 3.50. The van der Waals surface area contributed by atoms with Crippen molar-refractivity contribution in [1.82, 2.24) is 4.98 Å². The Labute approximate surface area is 121 Å². The van der Waals surface area contributed by atoms with E-state index in [-0.39, 0.29) is 17.5 Å². The quantitative estimate of drug-likeness (QED) is 0.668. The summed E-state index contributed by atoms with van der Waals surface area (Å²) in [6.07, 6.45) is 0. The van der Waals surface area contributed by atoms with Crippen molar-refractivity contribution >= 4 is 5.69 Å². The van der Waals surface area contributed by atoms with Crippen LogP contribution in [0, 0.1) is 11.6 Å². The van der Waals surface area contributed by atoms with Gasteiger partial charge < -0.3 is 14.9 Å². The molecule has 0 aliphatic rings. The molecule has 1 aromatic carbocycles. The highest BCUT2D eigenvalue weighted by molar-refractivity contribution is 5.53. The Bertz CT molecular complexity index is 594. The lowest BCUT2D eigenvalue weighted by molar-refractivity contribution is 0.374. The van der Waals surface area contributed by atoms with Crippen LogP contribution in [0.25, 0.3) is 0 Å². The number of hydrogen-bond donors (Lipinski definition) is 2. The number of nitrogens with zero attached hydrogens (tertiary/aromatic N) is 1. The number of benzene rings is 1. The first-order chi connectivity index (χ1) is 10.2. The van der Waals surface area contributed by atoms with Crippen LogP contribution in [0.2, 0.25) is 0 Å². The van der Waals surface area contributed by atoms with E-state index in [9.17, 15) is 8.78 Å². The molecule has 0 unspecified atom stereocenters. The molecule has 0 aliphatic heterocycles. The van der Waals surface area contributed by atoms with E-state index in [1.54, 1.807) is 6.07 Å². The van der Waals surface area contributed by atoms with Gasteiger partial charge in [-0.3, -0.25) is 5.84 Å². The van der Waals surface area contributed by atoms with Crippen molar-refractivity contribution in [2.75, 3.05) is 12.5 Å². The minimum absolute atomic E-state index is 0.0559. The minimum Gasteiger partial charge on any atom is -0.479 e. The van der Waals surface area contributed by atoms with Crippen LogP contribution in [-0.2, 0) is 0 Å². The van der Waals surface area contributed by atoms with Crippen molar-refractivity contribution in [3.8, 4) is 17.5 Å². The van der Waals surface area contributed by atoms with E-state index in [1.807, 2.05) is 13.8 Å². The standard InChI is InChI=1S/C12H11F2N3O2.C2H6/c1-18-12-8(17-15)5-6-10(16-12)19-9-4-2-3-7(13)11(9)14;1-2/h2-6,17H,15H2,1H3;1-2H3. The first kappa shape index (κ1) is 16.6. The zero-order valence-corrected chi connectivity index (χ0v) is 12.0. The van der Waals surface area contributed by atoms with Crippen LogP contribution in [0.1, 0.15) is 13.8 Å². The highest BCUT2D eigenvalue weighted by Crippen LogP contribution is 2.28. The highest BCUT2D eigenvalue weighted by atomic mass is 19.2. The largest absolute Gasteiger partial charge is 0.479 e. The van der Waals surface area contributed by atoms with Crippen LogP contribution in [0.15, 0.2) is 30.3 Å². The van der Waals surface area contributed by atoms with Crippen LogP contribution in [0.4, 0.5) is 14.5 Å². The fourth-order valence-corrected chi connectivity index (χ4v) is 1.42. The summed E-state index contributed by atoms with van der Waals surface area (Å²) in [6.45, 7) is 4.00. The summed E-state index contributed by atoms with van der Waals surface area (Å²) < 4.78 is 36.6. The minimum atomic E-state index is -1.08. The van der Waals surface area contributed by atoms with E-state index in [2.05, 4.69) is 10.4 Å². The molecule has 0 spiro atoms. The number of nitrogens with two attached hydrogens (primary N) is 1. The summed E-state index contributed by atoms with van der Waals surface area (Å²) in [5.41, 5.74) is 2.82. The predicted molar refractivity (Wildman–Crippen MR) is 76.4 cm³/mol. The molecule has 0 saturated heterocycles. The molecule has 2 aromatic rings. The number of hydrazine groups is 1. The van der Waals surface area contributed by atoms with E-state index in [0.29, 0.717) is 5.69 Å². The first-order valence-electron chi connectivity index (χ1n) is 6.29. The second kappa shape index (κ2) is 8.01. The van der Waals surface area contributed by atoms with Gasteiger partial charge in [0, 0.05) is 6.07 Å². The van der Waals surface area contributed by atoms with Gasteiger partial charge in [-0.1, -0.05) is 19.9 Å². The lowest BCUT2D eigenvalue weighted by Crippen LogP contribution is -2.09. The SMILES string of the molecule is CC.COc1nc(Oc2cccc(F)c2F)ccc1NN. The number of anilines is 1. The van der Waals surface area contributed by atoms with Gasteiger partial charge in [0.1, 0.15) is 5.69 Å². The molecule has 0 aliphatic carbocycles. The average molecular weight is 297 g/mol. The molecular formula is C14H17F2N3O2. The molecule has 0 bridgehead atoms. The van der Waals surface area contributed by atoms with Crippen molar-refractivity contribution in [1.29, 1.82) is 0 Å². The molecule has 0 amide bonds. The molecule has 0 fully saturated rings. The Kier molecular flexibility index (Phi) is 6.35. The predicted octanol–water partition coefficient (Wildman–Crippen LogP) is 3.47. The van der Waals surface area contributed by atoms with Crippen LogP contribution >= 0.6 is 0 Å². The molecule has 21 heavy (non-hydrogen) atoms. The molecule has 7 heteroatoms. The van der Waals surface area contributed by atoms with Gasteiger partial charge in [0.05, 0.1) is 7.11 Å². The van der Waals surface area contributed by atoms with Crippen LogP contribution < -0.4 is 20.7 Å². The Morgan fingerprint density at radius 1 is 1.14 bits per heavy atom. The summed E-state index contributed by atoms with van der Waals surface area (Å²) >= 11 is 0. The number of hydrogen-bond acceptors (Lipinski definition) is 5. The van der Waals surface area contributed by atoms with E-state index in [0.717, 1.165) is 6.07 Å². The Morgan fingerprint density at radius 3 is 2.48 bits per heavy atom. The molecule has 1 heterocycles. The molecule has 0 saturated carbocycles. The van der Waals surface area contributed by atoms with Crippen molar-refractivity contribution in [2.45, 2.75) is 13.8 Å². The second-order valence-corrected chi connectivity index (χ2v) is 3.50. The first-order valence-corrected chi connectivity index (χ1v) is 6.29. The van der Waals surface area contributed by atoms with Crippen molar-refractivity contribution < 1.29 is 18.3 Å². The maximum Gasteiger partial charge on any atom is 0.241 e. The normalized spacial score (nSPS) is 9.43. The van der Waals surface area contributed by atoms with E-state index >= 15 is 0 Å². The van der Waals surface area contributed by atoms with Crippen molar-refractivity contribution in [3.63, 3.8) is 0 Å². The van der Waals surface area contributed by atoms with Crippen molar-refractivity contribution in [3.05, 3.63) is 42.0 Å². The number of halogens is 2. The van der Waals surface area contributed by atoms with Gasteiger partial charge >= 0.3 is 0 Å². The third kappa shape index (κ3) is 4.03. The van der Waals surface area contributed by atoms with Crippen LogP contribution in [-0.4, -0.2) is 12.1 Å². The molecule has 1 aromatic heterocycles. The summed E-state index contributed by atoms with van der Waals surface area (Å²) in [6, 6.07) is 6.61. The summed E-state index contributed by atoms with van der Waals surface area (Å²) in [5.74, 6) is 3.15. The highest BCUT2D eigenvalue weighted by Gasteiger charge is 2.12. The summed E-state index contributed by atoms with van der Waals surface area (Å²) in [5, 5.41) is 0. The molecule has 0 atom stereocenters. The van der Waals surface area contributed by atoms with E-state index in [4.69, 9.17) is 15.3 Å². The fraction of sp³-hybridized carbons (Fsp3) is 0.214. The third-order valence-corrected chi connectivity index (χ3v) is 2.31. The zero-order chi connectivity index (χ0) is 15.8. The van der Waals surface area contributed by atoms with Gasteiger partial charge in [0.15, 0.2) is 11.6 Å². The molecule has 0 radical (unpaired) electrons. The molecule has 2 rings (SSSR count). The van der Waals surface area contributed by atoms with Crippen LogP contribution in [0.3, 0.4) is 0 Å². The molecule has 114 valence electrons. The summed E-state index contributed by atoms with van der Waals surface area (Å²) in [7, 11) is 1.40. The molecule has 5 nitrogen and oxygen atoms in total. The van der Waals surface area contributed by atoms with E-state index in [1.165, 1.54) is 25.3 Å². The molecular weight excluding hydrogens is 280 g/mol. The smallest absolute Gasteiger partial charge is 0.241 e. The van der Waals surface area contributed by atoms with Gasteiger partial charge in [0.2, 0.25) is 17.6 Å². The fourth-order valence-electron chi connectivity index (χ4n) is 1.42. The van der Waals surface area contributed by atoms with Gasteiger partial charge in [-0.2, -0.15) is 9.37 Å². The average Bonchev–Trinajstić information content (AvgIpc) is 2.53. The monoisotopic (exact) mass is 297 g/mol. The topological polar surface area (TPSA) is 69.4 Å². The lowest BCUT2D eigenvalue weighted by Gasteiger charge is -2.10. The van der Waals surface area contributed by atoms with Gasteiger partial charge in [-0.25, -0.2) is 4.39 Å². The number of pyridine rings is 1. The maximum absolute atomic E-state index is 13.4. The Balaban J connectivity index is 0.00000106. The maximum atomic E-state index is 13.4. The summed E-state index contributed by atoms with van der Waals surface area (Å²) in [4.78, 5) is 3.95. The van der Waals surface area contributed by atoms with Gasteiger partial charge in [0.25, 0.3) is 0 Å². The van der Waals surface area contributed by atoms with Crippen LogP contribution in [0.5, 0.6) is 17.5 Å². The number of rotatable bonds is 4. The lowest BCUT2D eigenvalue weighted by atomic mass is 10.3. The van der Waals surface area contributed by atoms with Gasteiger partial charge in [-0.15, -0.1) is 0 Å².